The van der Waals surface area contributed by atoms with Crippen LogP contribution in [-0.2, 0) is 0 Å². The first-order valence-electron chi connectivity index (χ1n) is 7.93. The van der Waals surface area contributed by atoms with Gasteiger partial charge in [0, 0.05) is 21.6 Å². The van der Waals surface area contributed by atoms with Gasteiger partial charge in [-0.05, 0) is 45.0 Å². The van der Waals surface area contributed by atoms with Crippen molar-refractivity contribution < 1.29 is 4.92 Å². The lowest BCUT2D eigenvalue weighted by Crippen LogP contribution is -1.86. The van der Waals surface area contributed by atoms with Gasteiger partial charge in [0.2, 0.25) is 0 Å². The zero-order valence-corrected chi connectivity index (χ0v) is 17.3. The van der Waals surface area contributed by atoms with Crippen LogP contribution >= 0.6 is 27.5 Å². The fourth-order valence-corrected chi connectivity index (χ4v) is 2.12. The zero-order chi connectivity index (χ0) is 19.5. The van der Waals surface area contributed by atoms with Crippen LogP contribution in [0.1, 0.15) is 16.7 Å². The van der Waals surface area contributed by atoms with Crippen molar-refractivity contribution in [2.45, 2.75) is 20.8 Å². The summed E-state index contributed by atoms with van der Waals surface area (Å²) in [5.41, 5.74) is 3.72. The lowest BCUT2D eigenvalue weighted by Gasteiger charge is -1.90. The monoisotopic (exact) mass is 433 g/mol. The van der Waals surface area contributed by atoms with E-state index in [1.165, 1.54) is 23.3 Å². The largest absolute Gasteiger partial charge is 0.269 e. The maximum atomic E-state index is 10.1. The van der Waals surface area contributed by atoms with Gasteiger partial charge in [-0.3, -0.25) is 10.1 Å². The van der Waals surface area contributed by atoms with Crippen LogP contribution in [-0.4, -0.2) is 4.92 Å². The van der Waals surface area contributed by atoms with Crippen LogP contribution in [0.2, 0.25) is 5.02 Å². The molecule has 0 fully saturated rings. The summed E-state index contributed by atoms with van der Waals surface area (Å²) in [4.78, 5) is 9.71. The molecule has 0 atom stereocenters. The molecule has 26 heavy (non-hydrogen) atoms. The van der Waals surface area contributed by atoms with E-state index in [1.807, 2.05) is 50.2 Å². The van der Waals surface area contributed by atoms with Gasteiger partial charge < -0.3 is 0 Å². The number of nitrogens with zero attached hydrogens (tertiary/aromatic N) is 1. The minimum Gasteiger partial charge on any atom is -0.258 e. The molecule has 0 spiro atoms. The van der Waals surface area contributed by atoms with Crippen molar-refractivity contribution in [3.8, 4) is 0 Å². The number of nitro benzene ring substituents is 1. The highest BCUT2D eigenvalue weighted by Gasteiger charge is 2.00. The number of hydrogen-bond acceptors (Lipinski definition) is 2. The predicted octanol–water partition coefficient (Wildman–Crippen LogP) is 7.31. The van der Waals surface area contributed by atoms with Gasteiger partial charge in [0.25, 0.3) is 5.69 Å². The quantitative estimate of drug-likeness (QED) is 0.297. The molecule has 0 aliphatic heterocycles. The van der Waals surface area contributed by atoms with Crippen molar-refractivity contribution in [2.24, 2.45) is 0 Å². The molecule has 0 amide bonds. The van der Waals surface area contributed by atoms with Crippen LogP contribution < -0.4 is 0 Å². The molecule has 0 unspecified atom stereocenters. The molecule has 5 heteroatoms. The van der Waals surface area contributed by atoms with Gasteiger partial charge in [-0.1, -0.05) is 80.6 Å². The van der Waals surface area contributed by atoms with Gasteiger partial charge in [-0.15, -0.1) is 0 Å². The van der Waals surface area contributed by atoms with Gasteiger partial charge in [0.1, 0.15) is 0 Å². The van der Waals surface area contributed by atoms with E-state index in [0.717, 1.165) is 15.1 Å². The summed E-state index contributed by atoms with van der Waals surface area (Å²) in [7, 11) is 0. The molecule has 0 saturated heterocycles. The van der Waals surface area contributed by atoms with Gasteiger partial charge >= 0.3 is 0 Å². The molecule has 3 aromatic carbocycles. The number of non-ortho nitro benzene ring substituents is 1. The zero-order valence-electron chi connectivity index (χ0n) is 14.9. The minimum atomic E-state index is -0.403. The summed E-state index contributed by atoms with van der Waals surface area (Å²) in [5, 5.41) is 10.9. The smallest absolute Gasteiger partial charge is 0.258 e. The Bertz CT molecular complexity index is 715. The molecule has 0 aliphatic carbocycles. The first-order chi connectivity index (χ1) is 12.3. The van der Waals surface area contributed by atoms with Crippen molar-refractivity contribution in [3.63, 3.8) is 0 Å². The summed E-state index contributed by atoms with van der Waals surface area (Å²) in [6.07, 6.45) is 0. The highest BCUT2D eigenvalue weighted by atomic mass is 79.9. The molecule has 0 aliphatic rings. The minimum absolute atomic E-state index is 0.144. The Morgan fingerprint density at radius 3 is 1.38 bits per heavy atom. The number of benzene rings is 3. The molecule has 3 rings (SSSR count). The Balaban J connectivity index is 0.000000197. The highest BCUT2D eigenvalue weighted by Crippen LogP contribution is 2.10. The Hall–Kier alpha value is -2.17. The number of halogens is 2. The molecule has 0 N–H and O–H groups in total. The second-order valence-electron chi connectivity index (χ2n) is 5.68. The van der Waals surface area contributed by atoms with Crippen molar-refractivity contribution in [1.82, 2.24) is 0 Å². The Labute approximate surface area is 167 Å². The summed E-state index contributed by atoms with van der Waals surface area (Å²) < 4.78 is 1.14. The maximum Gasteiger partial charge on any atom is 0.269 e. The third-order valence-electron chi connectivity index (χ3n) is 3.27. The topological polar surface area (TPSA) is 43.1 Å². The number of nitro groups is 1. The van der Waals surface area contributed by atoms with Crippen molar-refractivity contribution in [1.29, 1.82) is 0 Å². The van der Waals surface area contributed by atoms with E-state index in [4.69, 9.17) is 11.6 Å². The third-order valence-corrected chi connectivity index (χ3v) is 4.05. The van der Waals surface area contributed by atoms with Gasteiger partial charge in [0.05, 0.1) is 4.92 Å². The second-order valence-corrected chi connectivity index (χ2v) is 7.04. The van der Waals surface area contributed by atoms with Gasteiger partial charge in [-0.25, -0.2) is 0 Å². The molecular formula is C21H21BrClNO2. The SMILES string of the molecule is Cc1ccc(Br)cc1.Cc1ccc(Cl)cc1.Cc1ccc([N+](=O)[O-])cc1. The van der Waals surface area contributed by atoms with Crippen molar-refractivity contribution in [2.75, 3.05) is 0 Å². The van der Waals surface area contributed by atoms with Crippen LogP contribution in [0.5, 0.6) is 0 Å². The average Bonchev–Trinajstić information content (AvgIpc) is 2.62. The molecular weight excluding hydrogens is 414 g/mol. The molecule has 136 valence electrons. The van der Waals surface area contributed by atoms with Gasteiger partial charge in [-0.2, -0.15) is 0 Å². The summed E-state index contributed by atoms with van der Waals surface area (Å²) in [6.45, 7) is 6.01. The fraction of sp³-hybridized carbons (Fsp3) is 0.143. The fourth-order valence-electron chi connectivity index (χ4n) is 1.73. The molecule has 0 bridgehead atoms. The van der Waals surface area contributed by atoms with Crippen LogP contribution in [0.3, 0.4) is 0 Å². The first-order valence-corrected chi connectivity index (χ1v) is 9.10. The summed E-state index contributed by atoms with van der Waals surface area (Å²) in [5.74, 6) is 0. The Morgan fingerprint density at radius 1 is 0.731 bits per heavy atom. The van der Waals surface area contributed by atoms with E-state index in [1.54, 1.807) is 12.1 Å². The summed E-state index contributed by atoms with van der Waals surface area (Å²) in [6, 6.07) is 22.4. The third kappa shape index (κ3) is 9.35. The number of hydrogen-bond donors (Lipinski definition) is 0. The lowest BCUT2D eigenvalue weighted by atomic mass is 10.2. The summed E-state index contributed by atoms with van der Waals surface area (Å²) >= 11 is 8.96. The van der Waals surface area contributed by atoms with Crippen LogP contribution in [0.4, 0.5) is 5.69 Å². The van der Waals surface area contributed by atoms with Crippen LogP contribution in [0.25, 0.3) is 0 Å². The number of aryl methyl sites for hydroxylation is 3. The molecule has 0 heterocycles. The van der Waals surface area contributed by atoms with Gasteiger partial charge in [0.15, 0.2) is 0 Å². The van der Waals surface area contributed by atoms with Crippen LogP contribution in [0.15, 0.2) is 77.3 Å². The molecule has 0 radical (unpaired) electrons. The Kier molecular flexibility index (Phi) is 9.63. The standard InChI is InChI=1S/C7H7Br.C7H7Cl.C7H7NO2/c2*1-6-2-4-7(8)5-3-6;1-6-2-4-7(5-3-6)8(9)10/h2*2-5H,1H3;2-5H,1H3. The van der Waals surface area contributed by atoms with Crippen LogP contribution in [0, 0.1) is 30.9 Å². The van der Waals surface area contributed by atoms with E-state index < -0.39 is 4.92 Å². The van der Waals surface area contributed by atoms with Crippen molar-refractivity contribution >= 4 is 33.2 Å². The normalized spacial score (nSPS) is 9.27. The molecule has 3 nitrogen and oxygen atoms in total. The van der Waals surface area contributed by atoms with E-state index >= 15 is 0 Å². The Morgan fingerprint density at radius 2 is 1.08 bits per heavy atom. The predicted molar refractivity (Wildman–Crippen MR) is 113 cm³/mol. The molecule has 0 aromatic heterocycles. The van der Waals surface area contributed by atoms with E-state index in [2.05, 4.69) is 35.0 Å². The number of rotatable bonds is 1. The van der Waals surface area contributed by atoms with E-state index in [0.29, 0.717) is 0 Å². The average molecular weight is 435 g/mol. The molecule has 3 aromatic rings. The molecule has 0 saturated carbocycles. The van der Waals surface area contributed by atoms with E-state index in [9.17, 15) is 10.1 Å². The van der Waals surface area contributed by atoms with E-state index in [-0.39, 0.29) is 5.69 Å². The van der Waals surface area contributed by atoms with Crippen molar-refractivity contribution in [3.05, 3.63) is 109 Å². The first kappa shape index (κ1) is 21.9. The second kappa shape index (κ2) is 11.4. The maximum absolute atomic E-state index is 10.1. The lowest BCUT2D eigenvalue weighted by molar-refractivity contribution is -0.384. The highest BCUT2D eigenvalue weighted by molar-refractivity contribution is 9.10.